The molecule has 2 N–H and O–H groups in total. The van der Waals surface area contributed by atoms with Gasteiger partial charge in [0, 0.05) is 31.1 Å². The van der Waals surface area contributed by atoms with Crippen LogP contribution < -0.4 is 5.32 Å². The minimum Gasteiger partial charge on any atom is -0.441 e. The predicted octanol–water partition coefficient (Wildman–Crippen LogP) is 2.81. The number of hydrogen-bond donors (Lipinski definition) is 2. The minimum absolute atomic E-state index is 0.0410. The summed E-state index contributed by atoms with van der Waals surface area (Å²) in [6.07, 6.45) is 2.87. The summed E-state index contributed by atoms with van der Waals surface area (Å²) < 4.78 is 5.64. The Kier molecular flexibility index (Phi) is 5.98. The molecule has 0 fully saturated rings. The second-order valence-corrected chi connectivity index (χ2v) is 5.49. The molecule has 0 saturated heterocycles. The molecule has 0 radical (unpaired) electrons. The quantitative estimate of drug-likeness (QED) is 0.822. The maximum absolute atomic E-state index is 11.7. The molecule has 2 aromatic rings. The number of aryl methyl sites for hydroxylation is 1. The van der Waals surface area contributed by atoms with Gasteiger partial charge in [-0.2, -0.15) is 0 Å². The van der Waals surface area contributed by atoms with Gasteiger partial charge in [-0.1, -0.05) is 23.7 Å². The van der Waals surface area contributed by atoms with E-state index in [2.05, 4.69) is 10.3 Å². The molecule has 5 nitrogen and oxygen atoms in total. The molecule has 2 rings (SSSR count). The van der Waals surface area contributed by atoms with E-state index >= 15 is 0 Å². The molecule has 1 atom stereocenters. The zero-order valence-corrected chi connectivity index (χ0v) is 13.1. The maximum Gasteiger partial charge on any atom is 0.220 e. The van der Waals surface area contributed by atoms with Crippen molar-refractivity contribution in [2.75, 3.05) is 6.61 Å². The Labute approximate surface area is 134 Å². The van der Waals surface area contributed by atoms with Gasteiger partial charge in [0.25, 0.3) is 0 Å². The molecular weight excluding hydrogens is 304 g/mol. The van der Waals surface area contributed by atoms with Gasteiger partial charge in [0.15, 0.2) is 11.7 Å². The van der Waals surface area contributed by atoms with Crippen molar-refractivity contribution in [3.63, 3.8) is 0 Å². The zero-order valence-electron chi connectivity index (χ0n) is 12.4. The van der Waals surface area contributed by atoms with Crippen LogP contribution in [0.15, 0.2) is 34.9 Å². The second kappa shape index (κ2) is 7.96. The highest BCUT2D eigenvalue weighted by Crippen LogP contribution is 2.28. The Morgan fingerprint density at radius 1 is 1.45 bits per heavy atom. The summed E-state index contributed by atoms with van der Waals surface area (Å²) in [6, 6.07) is 7.33. The molecule has 118 valence electrons. The lowest BCUT2D eigenvalue weighted by atomic mass is 10.2. The lowest BCUT2D eigenvalue weighted by Crippen LogP contribution is -2.33. The molecule has 0 spiro atoms. The third-order valence-corrected chi connectivity index (χ3v) is 3.56. The van der Waals surface area contributed by atoms with E-state index in [1.807, 2.05) is 25.1 Å². The van der Waals surface area contributed by atoms with Crippen LogP contribution in [0.1, 0.15) is 25.7 Å². The van der Waals surface area contributed by atoms with E-state index < -0.39 is 0 Å². The van der Waals surface area contributed by atoms with Crippen molar-refractivity contribution in [1.29, 1.82) is 0 Å². The zero-order chi connectivity index (χ0) is 15.9. The van der Waals surface area contributed by atoms with Crippen LogP contribution in [0.25, 0.3) is 11.3 Å². The SMILES string of the molecule is C[C@H](CCO)NC(=O)CCc1ncc(-c2ccccc2Cl)o1. The first-order chi connectivity index (χ1) is 10.6. The number of carbonyl (C=O) groups is 1. The summed E-state index contributed by atoms with van der Waals surface area (Å²) >= 11 is 6.11. The Morgan fingerprint density at radius 2 is 2.23 bits per heavy atom. The highest BCUT2D eigenvalue weighted by Gasteiger charge is 2.12. The van der Waals surface area contributed by atoms with Crippen molar-refractivity contribution >= 4 is 17.5 Å². The molecule has 1 heterocycles. The number of nitrogens with zero attached hydrogens (tertiary/aromatic N) is 1. The number of hydrogen-bond acceptors (Lipinski definition) is 4. The number of rotatable bonds is 7. The topological polar surface area (TPSA) is 75.4 Å². The number of amides is 1. The molecule has 1 amide bonds. The van der Waals surface area contributed by atoms with Crippen molar-refractivity contribution in [3.05, 3.63) is 41.4 Å². The Morgan fingerprint density at radius 3 is 2.95 bits per heavy atom. The van der Waals surface area contributed by atoms with Crippen LogP contribution in [0.2, 0.25) is 5.02 Å². The molecule has 1 aromatic heterocycles. The number of carbonyl (C=O) groups excluding carboxylic acids is 1. The monoisotopic (exact) mass is 322 g/mol. The normalized spacial score (nSPS) is 12.1. The van der Waals surface area contributed by atoms with Crippen LogP contribution in [0.3, 0.4) is 0 Å². The Balaban J connectivity index is 1.90. The number of aromatic nitrogens is 1. The standard InChI is InChI=1S/C16H19ClN2O3/c1-11(8-9-20)19-15(21)6-7-16-18-10-14(22-16)12-4-2-3-5-13(12)17/h2-5,10-11,20H,6-9H2,1H3,(H,19,21)/t11-/m1/s1. The number of halogens is 1. The number of oxazole rings is 1. The predicted molar refractivity (Wildman–Crippen MR) is 84.6 cm³/mol. The van der Waals surface area contributed by atoms with E-state index in [1.165, 1.54) is 0 Å². The first-order valence-electron chi connectivity index (χ1n) is 7.20. The van der Waals surface area contributed by atoms with Crippen LogP contribution in [0.5, 0.6) is 0 Å². The van der Waals surface area contributed by atoms with E-state index in [9.17, 15) is 4.79 Å². The molecule has 0 aliphatic carbocycles. The lowest BCUT2D eigenvalue weighted by Gasteiger charge is -2.11. The third kappa shape index (κ3) is 4.58. The highest BCUT2D eigenvalue weighted by molar-refractivity contribution is 6.33. The average molecular weight is 323 g/mol. The number of aliphatic hydroxyl groups is 1. The lowest BCUT2D eigenvalue weighted by molar-refractivity contribution is -0.121. The van der Waals surface area contributed by atoms with Crippen molar-refractivity contribution in [1.82, 2.24) is 10.3 Å². The fourth-order valence-electron chi connectivity index (χ4n) is 2.04. The number of aliphatic hydroxyl groups excluding tert-OH is 1. The molecule has 1 aromatic carbocycles. The van der Waals surface area contributed by atoms with Gasteiger partial charge in [-0.3, -0.25) is 4.79 Å². The van der Waals surface area contributed by atoms with Gasteiger partial charge in [-0.05, 0) is 25.5 Å². The molecule has 0 aliphatic rings. The summed E-state index contributed by atoms with van der Waals surface area (Å²) in [5, 5.41) is 12.2. The van der Waals surface area contributed by atoms with Gasteiger partial charge in [0.05, 0.1) is 11.2 Å². The van der Waals surface area contributed by atoms with Gasteiger partial charge in [0.2, 0.25) is 5.91 Å². The van der Waals surface area contributed by atoms with Gasteiger partial charge >= 0.3 is 0 Å². The molecule has 0 bridgehead atoms. The summed E-state index contributed by atoms with van der Waals surface area (Å²) in [7, 11) is 0. The van der Waals surface area contributed by atoms with Gasteiger partial charge < -0.3 is 14.8 Å². The summed E-state index contributed by atoms with van der Waals surface area (Å²) in [5.74, 6) is 1.01. The molecule has 6 heteroatoms. The first kappa shape index (κ1) is 16.5. The Bertz CT molecular complexity index is 627. The van der Waals surface area contributed by atoms with E-state index in [4.69, 9.17) is 21.1 Å². The fraction of sp³-hybridized carbons (Fsp3) is 0.375. The molecule has 0 aliphatic heterocycles. The molecular formula is C16H19ClN2O3. The van der Waals surface area contributed by atoms with Crippen LogP contribution >= 0.6 is 11.6 Å². The number of benzene rings is 1. The van der Waals surface area contributed by atoms with E-state index in [1.54, 1.807) is 12.3 Å². The van der Waals surface area contributed by atoms with Gasteiger partial charge in [-0.15, -0.1) is 0 Å². The van der Waals surface area contributed by atoms with Crippen LogP contribution in [-0.4, -0.2) is 28.6 Å². The number of nitrogens with one attached hydrogen (secondary N) is 1. The highest BCUT2D eigenvalue weighted by atomic mass is 35.5. The average Bonchev–Trinajstić information content (AvgIpc) is 2.94. The molecule has 0 unspecified atom stereocenters. The van der Waals surface area contributed by atoms with Crippen molar-refractivity contribution in [2.24, 2.45) is 0 Å². The maximum atomic E-state index is 11.7. The van der Waals surface area contributed by atoms with Crippen molar-refractivity contribution < 1.29 is 14.3 Å². The van der Waals surface area contributed by atoms with E-state index in [0.29, 0.717) is 29.5 Å². The molecule has 0 saturated carbocycles. The second-order valence-electron chi connectivity index (χ2n) is 5.08. The van der Waals surface area contributed by atoms with Crippen LogP contribution in [0.4, 0.5) is 0 Å². The third-order valence-electron chi connectivity index (χ3n) is 3.23. The fourth-order valence-corrected chi connectivity index (χ4v) is 2.27. The van der Waals surface area contributed by atoms with Gasteiger partial charge in [0.1, 0.15) is 0 Å². The largest absolute Gasteiger partial charge is 0.441 e. The van der Waals surface area contributed by atoms with E-state index in [-0.39, 0.29) is 25.0 Å². The Hall–Kier alpha value is -1.85. The minimum atomic E-state index is -0.0848. The summed E-state index contributed by atoms with van der Waals surface area (Å²) in [6.45, 7) is 1.91. The van der Waals surface area contributed by atoms with Gasteiger partial charge in [-0.25, -0.2) is 4.98 Å². The van der Waals surface area contributed by atoms with Crippen LogP contribution in [0, 0.1) is 0 Å². The van der Waals surface area contributed by atoms with Crippen molar-refractivity contribution in [2.45, 2.75) is 32.2 Å². The van der Waals surface area contributed by atoms with Crippen molar-refractivity contribution in [3.8, 4) is 11.3 Å². The first-order valence-corrected chi connectivity index (χ1v) is 7.57. The smallest absolute Gasteiger partial charge is 0.220 e. The molecule has 22 heavy (non-hydrogen) atoms. The summed E-state index contributed by atoms with van der Waals surface area (Å²) in [5.41, 5.74) is 0.781. The van der Waals surface area contributed by atoms with E-state index in [0.717, 1.165) is 5.56 Å². The summed E-state index contributed by atoms with van der Waals surface area (Å²) in [4.78, 5) is 15.9. The van der Waals surface area contributed by atoms with Crippen LogP contribution in [-0.2, 0) is 11.2 Å².